The molecule has 0 atom stereocenters. The van der Waals surface area contributed by atoms with E-state index in [-0.39, 0.29) is 11.8 Å². The topological polar surface area (TPSA) is 63.3 Å². The second-order valence-electron chi connectivity index (χ2n) is 5.09. The summed E-state index contributed by atoms with van der Waals surface area (Å²) in [5, 5.41) is 10.2. The van der Waals surface area contributed by atoms with Crippen LogP contribution in [0.15, 0.2) is 18.2 Å². The highest BCUT2D eigenvalue weighted by Crippen LogP contribution is 2.35. The van der Waals surface area contributed by atoms with Crippen LogP contribution in [0.4, 0.5) is 0 Å². The molecule has 3 nitrogen and oxygen atoms in total. The van der Waals surface area contributed by atoms with Crippen molar-refractivity contribution in [3.8, 4) is 5.75 Å². The number of carbonyl (C=O) groups is 1. The molecule has 0 saturated heterocycles. The lowest BCUT2D eigenvalue weighted by molar-refractivity contribution is -0.113. The number of aromatic hydroxyl groups is 1. The quantitative estimate of drug-likeness (QED) is 0.803. The smallest absolute Gasteiger partial charge is 0.241 e. The van der Waals surface area contributed by atoms with Crippen LogP contribution in [0, 0.1) is 0 Å². The van der Waals surface area contributed by atoms with Crippen molar-refractivity contribution in [3.05, 3.63) is 34.9 Å². The van der Waals surface area contributed by atoms with Crippen molar-refractivity contribution in [2.45, 2.75) is 39.5 Å². The zero-order chi connectivity index (χ0) is 13.9. The van der Waals surface area contributed by atoms with E-state index >= 15 is 0 Å². The van der Waals surface area contributed by atoms with Gasteiger partial charge in [0, 0.05) is 6.08 Å². The highest BCUT2D eigenvalue weighted by molar-refractivity contribution is 5.90. The number of primary amides is 1. The highest BCUT2D eigenvalue weighted by Gasteiger charge is 2.14. The molecule has 0 aliphatic heterocycles. The molecule has 0 spiro atoms. The summed E-state index contributed by atoms with van der Waals surface area (Å²) in [6.45, 7) is 8.11. The zero-order valence-corrected chi connectivity index (χ0v) is 11.4. The van der Waals surface area contributed by atoms with Crippen LogP contribution < -0.4 is 5.73 Å². The SMILES string of the molecule is CC(C)c1cc(/C=C/C(N)=O)cc(C(C)C)c1O. The van der Waals surface area contributed by atoms with Gasteiger partial charge in [-0.3, -0.25) is 4.79 Å². The summed E-state index contributed by atoms with van der Waals surface area (Å²) < 4.78 is 0. The van der Waals surface area contributed by atoms with E-state index in [1.54, 1.807) is 6.08 Å². The number of benzene rings is 1. The molecule has 98 valence electrons. The molecule has 0 aromatic heterocycles. The van der Waals surface area contributed by atoms with E-state index in [0.717, 1.165) is 16.7 Å². The molecule has 0 saturated carbocycles. The molecule has 0 unspecified atom stereocenters. The highest BCUT2D eigenvalue weighted by atomic mass is 16.3. The summed E-state index contributed by atoms with van der Waals surface area (Å²) in [6.07, 6.45) is 3.01. The molecular formula is C15H21NO2. The van der Waals surface area contributed by atoms with Crippen LogP contribution in [-0.4, -0.2) is 11.0 Å². The average Bonchev–Trinajstić information content (AvgIpc) is 2.26. The summed E-state index contributed by atoms with van der Waals surface area (Å²) in [4.78, 5) is 10.8. The Bertz CT molecular complexity index is 444. The molecule has 1 aromatic carbocycles. The van der Waals surface area contributed by atoms with E-state index in [4.69, 9.17) is 5.73 Å². The van der Waals surface area contributed by atoms with Gasteiger partial charge in [0.05, 0.1) is 0 Å². The predicted molar refractivity (Wildman–Crippen MR) is 74.5 cm³/mol. The first-order chi connectivity index (χ1) is 8.32. The lowest BCUT2D eigenvalue weighted by Crippen LogP contribution is -2.05. The fourth-order valence-corrected chi connectivity index (χ4v) is 1.86. The number of phenols is 1. The number of hydrogen-bond acceptors (Lipinski definition) is 2. The lowest BCUT2D eigenvalue weighted by Gasteiger charge is -2.16. The first kappa shape index (κ1) is 14.3. The van der Waals surface area contributed by atoms with Crippen molar-refractivity contribution in [1.82, 2.24) is 0 Å². The van der Waals surface area contributed by atoms with Gasteiger partial charge in [-0.1, -0.05) is 27.7 Å². The number of carbonyl (C=O) groups excluding carboxylic acids is 1. The molecule has 0 radical (unpaired) electrons. The molecule has 3 N–H and O–H groups in total. The summed E-state index contributed by atoms with van der Waals surface area (Å²) in [6, 6.07) is 3.79. The standard InChI is InChI=1S/C15H21NO2/c1-9(2)12-7-11(5-6-14(16)17)8-13(10(3)4)15(12)18/h5-10,18H,1-4H3,(H2,16,17)/b6-5+. The largest absolute Gasteiger partial charge is 0.507 e. The minimum Gasteiger partial charge on any atom is -0.507 e. The Balaban J connectivity index is 3.33. The third-order valence-electron chi connectivity index (χ3n) is 2.88. The minimum atomic E-state index is -0.472. The van der Waals surface area contributed by atoms with Crippen LogP contribution in [0.5, 0.6) is 5.75 Å². The summed E-state index contributed by atoms with van der Waals surface area (Å²) in [5.74, 6) is 0.338. The minimum absolute atomic E-state index is 0.226. The van der Waals surface area contributed by atoms with Gasteiger partial charge < -0.3 is 10.8 Å². The summed E-state index contributed by atoms with van der Waals surface area (Å²) >= 11 is 0. The second-order valence-corrected chi connectivity index (χ2v) is 5.09. The van der Waals surface area contributed by atoms with Gasteiger partial charge in [-0.05, 0) is 46.7 Å². The van der Waals surface area contributed by atoms with Gasteiger partial charge in [0.15, 0.2) is 0 Å². The zero-order valence-electron chi connectivity index (χ0n) is 11.4. The molecule has 0 aliphatic rings. The Morgan fingerprint density at radius 2 is 1.61 bits per heavy atom. The van der Waals surface area contributed by atoms with Crippen molar-refractivity contribution in [1.29, 1.82) is 0 Å². The van der Waals surface area contributed by atoms with Crippen molar-refractivity contribution in [3.63, 3.8) is 0 Å². The molecular weight excluding hydrogens is 226 g/mol. The first-order valence-corrected chi connectivity index (χ1v) is 6.17. The third kappa shape index (κ3) is 3.36. The molecule has 0 aliphatic carbocycles. The molecule has 0 heterocycles. The Morgan fingerprint density at radius 1 is 1.17 bits per heavy atom. The fraction of sp³-hybridized carbons (Fsp3) is 0.400. The van der Waals surface area contributed by atoms with E-state index in [2.05, 4.69) is 0 Å². The molecule has 0 fully saturated rings. The second kappa shape index (κ2) is 5.71. The molecule has 18 heavy (non-hydrogen) atoms. The van der Waals surface area contributed by atoms with Gasteiger partial charge in [0.1, 0.15) is 5.75 Å². The molecule has 1 amide bonds. The van der Waals surface area contributed by atoms with Crippen molar-refractivity contribution in [2.75, 3.05) is 0 Å². The Kier molecular flexibility index (Phi) is 4.54. The van der Waals surface area contributed by atoms with Gasteiger partial charge >= 0.3 is 0 Å². The van der Waals surface area contributed by atoms with E-state index in [1.165, 1.54) is 6.08 Å². The van der Waals surface area contributed by atoms with E-state index < -0.39 is 5.91 Å². The third-order valence-corrected chi connectivity index (χ3v) is 2.88. The van der Waals surface area contributed by atoms with E-state index in [0.29, 0.717) is 5.75 Å². The van der Waals surface area contributed by atoms with Gasteiger partial charge in [0.25, 0.3) is 0 Å². The Morgan fingerprint density at radius 3 is 1.94 bits per heavy atom. The lowest BCUT2D eigenvalue weighted by atomic mass is 9.91. The van der Waals surface area contributed by atoms with Crippen LogP contribution in [0.3, 0.4) is 0 Å². The Labute approximate surface area is 108 Å². The van der Waals surface area contributed by atoms with Crippen LogP contribution in [0.1, 0.15) is 56.2 Å². The van der Waals surface area contributed by atoms with Gasteiger partial charge in [0.2, 0.25) is 5.91 Å². The number of phenolic OH excluding ortho intramolecular Hbond substituents is 1. The molecule has 1 rings (SSSR count). The average molecular weight is 247 g/mol. The number of nitrogens with two attached hydrogens (primary N) is 1. The maximum absolute atomic E-state index is 10.8. The predicted octanol–water partition coefficient (Wildman–Crippen LogP) is 3.14. The van der Waals surface area contributed by atoms with Crippen molar-refractivity contribution >= 4 is 12.0 Å². The molecule has 3 heteroatoms. The van der Waals surface area contributed by atoms with E-state index in [1.807, 2.05) is 39.8 Å². The molecule has 1 aromatic rings. The van der Waals surface area contributed by atoms with Gasteiger partial charge in [-0.25, -0.2) is 0 Å². The number of rotatable bonds is 4. The summed E-state index contributed by atoms with van der Waals surface area (Å²) in [5.41, 5.74) is 7.77. The van der Waals surface area contributed by atoms with Gasteiger partial charge in [-0.2, -0.15) is 0 Å². The van der Waals surface area contributed by atoms with Crippen molar-refractivity contribution < 1.29 is 9.90 Å². The van der Waals surface area contributed by atoms with Crippen LogP contribution in [-0.2, 0) is 4.79 Å². The number of hydrogen-bond donors (Lipinski definition) is 2. The normalized spacial score (nSPS) is 11.7. The van der Waals surface area contributed by atoms with Crippen LogP contribution in [0.2, 0.25) is 0 Å². The number of amides is 1. The van der Waals surface area contributed by atoms with Crippen molar-refractivity contribution in [2.24, 2.45) is 5.73 Å². The maximum atomic E-state index is 10.8. The first-order valence-electron chi connectivity index (χ1n) is 6.17. The summed E-state index contributed by atoms with van der Waals surface area (Å²) in [7, 11) is 0. The van der Waals surface area contributed by atoms with E-state index in [9.17, 15) is 9.90 Å². The monoisotopic (exact) mass is 247 g/mol. The van der Waals surface area contributed by atoms with Crippen LogP contribution >= 0.6 is 0 Å². The maximum Gasteiger partial charge on any atom is 0.241 e. The van der Waals surface area contributed by atoms with Crippen LogP contribution in [0.25, 0.3) is 6.08 Å². The molecule has 0 bridgehead atoms. The Hall–Kier alpha value is -1.77. The fourth-order valence-electron chi connectivity index (χ4n) is 1.86. The van der Waals surface area contributed by atoms with Gasteiger partial charge in [-0.15, -0.1) is 0 Å².